The van der Waals surface area contributed by atoms with Crippen molar-refractivity contribution < 1.29 is 4.79 Å². The van der Waals surface area contributed by atoms with Crippen LogP contribution < -0.4 is 11.1 Å². The first kappa shape index (κ1) is 12.8. The van der Waals surface area contributed by atoms with Crippen molar-refractivity contribution in [3.05, 3.63) is 16.2 Å². The molecule has 0 bridgehead atoms. The van der Waals surface area contributed by atoms with Gasteiger partial charge in [-0.3, -0.25) is 4.79 Å². The molecule has 0 atom stereocenters. The smallest absolute Gasteiger partial charge is 0.241 e. The second-order valence-corrected chi connectivity index (χ2v) is 4.44. The van der Waals surface area contributed by atoms with Crippen molar-refractivity contribution in [2.24, 2.45) is 0 Å². The number of pyridine rings is 1. The predicted molar refractivity (Wildman–Crippen MR) is 68.3 cm³/mol. The fourth-order valence-corrected chi connectivity index (χ4v) is 1.50. The number of carbonyl (C=O) groups is 1. The number of anilines is 2. The number of nitrogens with one attached hydrogen (secondary N) is 1. The molecule has 0 unspecified atom stereocenters. The number of hydrogen-bond donors (Lipinski definition) is 2. The zero-order chi connectivity index (χ0) is 12.3. The zero-order valence-corrected chi connectivity index (χ0v) is 11.1. The topological polar surface area (TPSA) is 71.2 Å². The summed E-state index contributed by atoms with van der Waals surface area (Å²) in [6, 6.07) is 0. The van der Waals surface area contributed by atoms with E-state index < -0.39 is 0 Å². The van der Waals surface area contributed by atoms with E-state index in [9.17, 15) is 4.79 Å². The minimum Gasteiger partial charge on any atom is -0.397 e. The van der Waals surface area contributed by atoms with E-state index in [1.807, 2.05) is 6.92 Å². The van der Waals surface area contributed by atoms with Gasteiger partial charge < -0.3 is 16.0 Å². The minimum atomic E-state index is -0.0109. The molecule has 0 aromatic carbocycles. The monoisotopic (exact) mass is 286 g/mol. The van der Waals surface area contributed by atoms with Crippen molar-refractivity contribution in [3.8, 4) is 0 Å². The van der Waals surface area contributed by atoms with Crippen LogP contribution in [0.5, 0.6) is 0 Å². The van der Waals surface area contributed by atoms with E-state index in [1.165, 1.54) is 4.90 Å². The lowest BCUT2D eigenvalue weighted by atomic mass is 10.2. The van der Waals surface area contributed by atoms with E-state index in [0.29, 0.717) is 11.5 Å². The first-order chi connectivity index (χ1) is 7.43. The molecule has 1 aromatic heterocycles. The van der Waals surface area contributed by atoms with E-state index in [2.05, 4.69) is 26.2 Å². The highest BCUT2D eigenvalue weighted by molar-refractivity contribution is 9.10. The maximum absolute atomic E-state index is 11.4. The first-order valence-corrected chi connectivity index (χ1v) is 5.57. The molecular formula is C10H15BrN4O. The minimum absolute atomic E-state index is 0.0109. The Morgan fingerprint density at radius 2 is 2.25 bits per heavy atom. The second-order valence-electron chi connectivity index (χ2n) is 3.64. The van der Waals surface area contributed by atoms with Crippen LogP contribution >= 0.6 is 15.9 Å². The number of nitrogens with zero attached hydrogens (tertiary/aromatic N) is 2. The van der Waals surface area contributed by atoms with Crippen LogP contribution in [-0.4, -0.2) is 36.4 Å². The van der Waals surface area contributed by atoms with E-state index in [4.69, 9.17) is 5.73 Å². The molecule has 16 heavy (non-hydrogen) atoms. The van der Waals surface area contributed by atoms with Gasteiger partial charge >= 0.3 is 0 Å². The number of halogens is 1. The number of rotatable bonds is 3. The van der Waals surface area contributed by atoms with Gasteiger partial charge in [-0.2, -0.15) is 0 Å². The summed E-state index contributed by atoms with van der Waals surface area (Å²) < 4.78 is 0.791. The Labute approximate surface area is 103 Å². The van der Waals surface area contributed by atoms with Crippen LogP contribution in [0.25, 0.3) is 0 Å². The number of carbonyl (C=O) groups excluding carboxylic acids is 1. The van der Waals surface area contributed by atoms with Gasteiger partial charge in [-0.1, -0.05) is 0 Å². The first-order valence-electron chi connectivity index (χ1n) is 4.78. The molecule has 3 N–H and O–H groups in total. The molecule has 0 fully saturated rings. The lowest BCUT2D eigenvalue weighted by Crippen LogP contribution is -2.28. The van der Waals surface area contributed by atoms with Crippen molar-refractivity contribution in [3.63, 3.8) is 0 Å². The summed E-state index contributed by atoms with van der Waals surface area (Å²) in [5.41, 5.74) is 7.23. The van der Waals surface area contributed by atoms with E-state index in [1.54, 1.807) is 20.3 Å². The average molecular weight is 287 g/mol. The van der Waals surface area contributed by atoms with Crippen molar-refractivity contribution >= 4 is 33.3 Å². The van der Waals surface area contributed by atoms with Crippen molar-refractivity contribution in [2.75, 3.05) is 31.7 Å². The summed E-state index contributed by atoms with van der Waals surface area (Å²) >= 11 is 3.39. The molecule has 0 aliphatic rings. The fraction of sp³-hybridized carbons (Fsp3) is 0.400. The van der Waals surface area contributed by atoms with Crippen LogP contribution in [0, 0.1) is 6.92 Å². The fourth-order valence-electron chi connectivity index (χ4n) is 1.03. The van der Waals surface area contributed by atoms with Crippen molar-refractivity contribution in [1.82, 2.24) is 9.88 Å². The molecule has 0 radical (unpaired) electrons. The molecule has 0 aliphatic heterocycles. The van der Waals surface area contributed by atoms with Gasteiger partial charge in [-0.05, 0) is 28.4 Å². The highest BCUT2D eigenvalue weighted by Crippen LogP contribution is 2.27. The maximum Gasteiger partial charge on any atom is 0.241 e. The Hall–Kier alpha value is -1.30. The summed E-state index contributed by atoms with van der Waals surface area (Å²) in [5, 5.41) is 2.96. The number of amides is 1. The molecule has 88 valence electrons. The molecule has 0 spiro atoms. The van der Waals surface area contributed by atoms with E-state index >= 15 is 0 Å². The van der Waals surface area contributed by atoms with Crippen LogP contribution in [0.15, 0.2) is 10.7 Å². The van der Waals surface area contributed by atoms with Gasteiger partial charge in [0.1, 0.15) is 5.82 Å². The summed E-state index contributed by atoms with van der Waals surface area (Å²) in [6.07, 6.45) is 1.57. The van der Waals surface area contributed by atoms with Gasteiger partial charge in [-0.15, -0.1) is 0 Å². The van der Waals surface area contributed by atoms with Crippen LogP contribution in [0.1, 0.15) is 5.56 Å². The number of nitrogens with two attached hydrogens (primary N) is 1. The highest BCUT2D eigenvalue weighted by atomic mass is 79.9. The highest BCUT2D eigenvalue weighted by Gasteiger charge is 2.09. The molecule has 0 saturated carbocycles. The lowest BCUT2D eigenvalue weighted by Gasteiger charge is -2.13. The van der Waals surface area contributed by atoms with E-state index in [-0.39, 0.29) is 12.5 Å². The quantitative estimate of drug-likeness (QED) is 0.877. The van der Waals surface area contributed by atoms with Gasteiger partial charge in [0.2, 0.25) is 5.91 Å². The summed E-state index contributed by atoms with van der Waals surface area (Å²) in [5.74, 6) is 0.616. The molecule has 1 amide bonds. The van der Waals surface area contributed by atoms with Crippen LogP contribution in [0.3, 0.4) is 0 Å². The Balaban J connectivity index is 2.76. The van der Waals surface area contributed by atoms with Crippen LogP contribution in [0.2, 0.25) is 0 Å². The Kier molecular flexibility index (Phi) is 4.12. The molecule has 1 aromatic rings. The lowest BCUT2D eigenvalue weighted by molar-refractivity contribution is -0.126. The Morgan fingerprint density at radius 3 is 2.81 bits per heavy atom. The third-order valence-electron chi connectivity index (χ3n) is 2.21. The Morgan fingerprint density at radius 1 is 1.62 bits per heavy atom. The van der Waals surface area contributed by atoms with Crippen LogP contribution in [-0.2, 0) is 4.79 Å². The molecule has 6 heteroatoms. The summed E-state index contributed by atoms with van der Waals surface area (Å²) in [7, 11) is 3.42. The summed E-state index contributed by atoms with van der Waals surface area (Å²) in [6.45, 7) is 2.10. The standard InChI is InChI=1S/C10H15BrN4O/c1-6-7(12)4-13-10(9(6)11)14-5-8(16)15(2)3/h4H,5,12H2,1-3H3,(H,13,14). The molecule has 5 nitrogen and oxygen atoms in total. The maximum atomic E-state index is 11.4. The van der Waals surface area contributed by atoms with Crippen molar-refractivity contribution in [2.45, 2.75) is 6.92 Å². The SMILES string of the molecule is Cc1c(N)cnc(NCC(=O)N(C)C)c1Br. The van der Waals surface area contributed by atoms with Gasteiger partial charge in [-0.25, -0.2) is 4.98 Å². The molecule has 1 heterocycles. The summed E-state index contributed by atoms with van der Waals surface area (Å²) in [4.78, 5) is 17.0. The van der Waals surface area contributed by atoms with Crippen LogP contribution in [0.4, 0.5) is 11.5 Å². The number of aromatic nitrogens is 1. The largest absolute Gasteiger partial charge is 0.397 e. The zero-order valence-electron chi connectivity index (χ0n) is 9.54. The van der Waals surface area contributed by atoms with Gasteiger partial charge in [0.05, 0.1) is 22.9 Å². The molecule has 0 aliphatic carbocycles. The van der Waals surface area contributed by atoms with E-state index in [0.717, 1.165) is 10.0 Å². The van der Waals surface area contributed by atoms with Gasteiger partial charge in [0.25, 0.3) is 0 Å². The average Bonchev–Trinajstić information content (AvgIpc) is 2.24. The Bertz CT molecular complexity index is 406. The molecule has 1 rings (SSSR count). The third kappa shape index (κ3) is 2.85. The van der Waals surface area contributed by atoms with Gasteiger partial charge in [0, 0.05) is 14.1 Å². The third-order valence-corrected chi connectivity index (χ3v) is 3.18. The normalized spacial score (nSPS) is 10.0. The van der Waals surface area contributed by atoms with Crippen molar-refractivity contribution in [1.29, 1.82) is 0 Å². The van der Waals surface area contributed by atoms with Gasteiger partial charge in [0.15, 0.2) is 0 Å². The molecular weight excluding hydrogens is 272 g/mol. The second kappa shape index (κ2) is 5.16. The number of likely N-dealkylation sites (N-methyl/N-ethyl adjacent to an activating group) is 1. The number of hydrogen-bond acceptors (Lipinski definition) is 4. The number of nitrogen functional groups attached to an aromatic ring is 1. The molecule has 0 saturated heterocycles. The predicted octanol–water partition coefficient (Wildman–Crippen LogP) is 1.23.